The topological polar surface area (TPSA) is 55.8 Å². The first-order chi connectivity index (χ1) is 11.2. The molecule has 1 aliphatic heterocycles. The Bertz CT molecular complexity index is 544. The normalized spacial score (nSPS) is 18.3. The van der Waals surface area contributed by atoms with Gasteiger partial charge >= 0.3 is 5.97 Å². The van der Waals surface area contributed by atoms with Crippen LogP contribution in [-0.2, 0) is 9.47 Å². The molecule has 2 rings (SSSR count). The smallest absolute Gasteiger partial charge is 0.337 e. The van der Waals surface area contributed by atoms with Crippen molar-refractivity contribution in [3.8, 4) is 0 Å². The fourth-order valence-corrected chi connectivity index (χ4v) is 2.80. The second-order valence-corrected chi connectivity index (χ2v) is 5.79. The molecule has 0 radical (unpaired) electrons. The summed E-state index contributed by atoms with van der Waals surface area (Å²) < 4.78 is 10.5. The van der Waals surface area contributed by atoms with E-state index in [2.05, 4.69) is 6.92 Å². The van der Waals surface area contributed by atoms with Gasteiger partial charge in [0.15, 0.2) is 0 Å². The summed E-state index contributed by atoms with van der Waals surface area (Å²) >= 11 is 0. The second kappa shape index (κ2) is 8.67. The molecule has 1 amide bonds. The minimum absolute atomic E-state index is 0.0353. The molecular weight excluding hydrogens is 294 g/mol. The van der Waals surface area contributed by atoms with E-state index in [1.54, 1.807) is 24.3 Å². The molecule has 1 heterocycles. The van der Waals surface area contributed by atoms with Gasteiger partial charge in [-0.3, -0.25) is 4.79 Å². The van der Waals surface area contributed by atoms with Crippen LogP contribution < -0.4 is 0 Å². The molecule has 126 valence electrons. The van der Waals surface area contributed by atoms with Gasteiger partial charge in [-0.15, -0.1) is 0 Å². The standard InChI is InChI=1S/C18H25NO4/c1-3-12-23-16-8-5-10-19(11-9-16)17(20)14-6-4-7-15(13-14)18(21)22-2/h4,6-7,13,16H,3,5,8-12H2,1-2H3/t16-/m0/s1. The average molecular weight is 319 g/mol. The molecule has 1 aliphatic rings. The number of amides is 1. The largest absolute Gasteiger partial charge is 0.465 e. The van der Waals surface area contributed by atoms with Crippen LogP contribution in [0.2, 0.25) is 0 Å². The predicted molar refractivity (Wildman–Crippen MR) is 87.6 cm³/mol. The molecule has 0 spiro atoms. The van der Waals surface area contributed by atoms with Crippen LogP contribution in [0.25, 0.3) is 0 Å². The summed E-state index contributed by atoms with van der Waals surface area (Å²) in [6.07, 6.45) is 4.05. The van der Waals surface area contributed by atoms with Gasteiger partial charge in [0.05, 0.1) is 18.8 Å². The van der Waals surface area contributed by atoms with Gasteiger partial charge < -0.3 is 14.4 Å². The summed E-state index contributed by atoms with van der Waals surface area (Å²) in [6, 6.07) is 6.71. The fourth-order valence-electron chi connectivity index (χ4n) is 2.80. The van der Waals surface area contributed by atoms with Gasteiger partial charge in [0.1, 0.15) is 0 Å². The Morgan fingerprint density at radius 3 is 2.74 bits per heavy atom. The molecule has 23 heavy (non-hydrogen) atoms. The predicted octanol–water partition coefficient (Wildman–Crippen LogP) is 2.89. The maximum absolute atomic E-state index is 12.7. The van der Waals surface area contributed by atoms with E-state index in [0.717, 1.165) is 38.8 Å². The molecule has 0 unspecified atom stereocenters. The number of carbonyl (C=O) groups excluding carboxylic acids is 2. The van der Waals surface area contributed by atoms with E-state index >= 15 is 0 Å². The molecule has 0 N–H and O–H groups in total. The molecule has 0 saturated carbocycles. The second-order valence-electron chi connectivity index (χ2n) is 5.79. The van der Waals surface area contributed by atoms with Crippen LogP contribution in [-0.4, -0.2) is 49.7 Å². The van der Waals surface area contributed by atoms with Crippen LogP contribution in [0, 0.1) is 0 Å². The van der Waals surface area contributed by atoms with Crippen molar-refractivity contribution < 1.29 is 19.1 Å². The number of ether oxygens (including phenoxy) is 2. The highest BCUT2D eigenvalue weighted by atomic mass is 16.5. The molecule has 0 aliphatic carbocycles. The van der Waals surface area contributed by atoms with E-state index in [1.165, 1.54) is 7.11 Å². The zero-order valence-corrected chi connectivity index (χ0v) is 13.9. The first-order valence-electron chi connectivity index (χ1n) is 8.25. The van der Waals surface area contributed by atoms with Gasteiger partial charge in [-0.25, -0.2) is 4.79 Å². The first-order valence-corrected chi connectivity index (χ1v) is 8.25. The lowest BCUT2D eigenvalue weighted by atomic mass is 10.1. The van der Waals surface area contributed by atoms with Gasteiger partial charge in [-0.05, 0) is 43.9 Å². The van der Waals surface area contributed by atoms with Crippen molar-refractivity contribution in [1.29, 1.82) is 0 Å². The minimum Gasteiger partial charge on any atom is -0.465 e. The number of carbonyl (C=O) groups is 2. The van der Waals surface area contributed by atoms with Crippen molar-refractivity contribution in [1.82, 2.24) is 4.90 Å². The monoisotopic (exact) mass is 319 g/mol. The van der Waals surface area contributed by atoms with Crippen molar-refractivity contribution in [2.24, 2.45) is 0 Å². The molecule has 1 saturated heterocycles. The van der Waals surface area contributed by atoms with Gasteiger partial charge in [-0.1, -0.05) is 13.0 Å². The Hall–Kier alpha value is -1.88. The molecule has 5 heteroatoms. The lowest BCUT2D eigenvalue weighted by Crippen LogP contribution is -2.32. The van der Waals surface area contributed by atoms with Crippen molar-refractivity contribution in [2.45, 2.75) is 38.7 Å². The molecule has 1 aromatic carbocycles. The molecule has 0 bridgehead atoms. The average Bonchev–Trinajstić information content (AvgIpc) is 2.84. The van der Waals surface area contributed by atoms with Crippen molar-refractivity contribution >= 4 is 11.9 Å². The number of benzene rings is 1. The molecular formula is C18H25NO4. The van der Waals surface area contributed by atoms with E-state index in [4.69, 9.17) is 9.47 Å². The number of methoxy groups -OCH3 is 1. The summed E-state index contributed by atoms with van der Waals surface area (Å²) in [5.74, 6) is -0.463. The van der Waals surface area contributed by atoms with E-state index in [0.29, 0.717) is 17.7 Å². The quantitative estimate of drug-likeness (QED) is 0.783. The van der Waals surface area contributed by atoms with Gasteiger partial charge in [-0.2, -0.15) is 0 Å². The maximum Gasteiger partial charge on any atom is 0.337 e. The van der Waals surface area contributed by atoms with Gasteiger partial charge in [0.25, 0.3) is 5.91 Å². The summed E-state index contributed by atoms with van der Waals surface area (Å²) in [4.78, 5) is 26.1. The Kier molecular flexibility index (Phi) is 6.59. The molecule has 5 nitrogen and oxygen atoms in total. The highest BCUT2D eigenvalue weighted by molar-refractivity contribution is 5.97. The molecule has 0 aromatic heterocycles. The third-order valence-corrected chi connectivity index (χ3v) is 4.05. The Morgan fingerprint density at radius 2 is 2.00 bits per heavy atom. The van der Waals surface area contributed by atoms with Gasteiger partial charge in [0, 0.05) is 25.3 Å². The summed E-state index contributed by atoms with van der Waals surface area (Å²) in [6.45, 7) is 4.30. The zero-order chi connectivity index (χ0) is 16.7. The van der Waals surface area contributed by atoms with Crippen LogP contribution in [0.15, 0.2) is 24.3 Å². The maximum atomic E-state index is 12.7. The first kappa shape index (κ1) is 17.5. The fraction of sp³-hybridized carbons (Fsp3) is 0.556. The Balaban J connectivity index is 2.01. The number of hydrogen-bond donors (Lipinski definition) is 0. The lowest BCUT2D eigenvalue weighted by molar-refractivity contribution is 0.0432. The summed E-state index contributed by atoms with van der Waals surface area (Å²) in [7, 11) is 1.34. The molecule has 1 fully saturated rings. The van der Waals surface area contributed by atoms with Crippen LogP contribution in [0.5, 0.6) is 0 Å². The van der Waals surface area contributed by atoms with Crippen molar-refractivity contribution in [2.75, 3.05) is 26.8 Å². The summed E-state index contributed by atoms with van der Waals surface area (Å²) in [5.41, 5.74) is 0.929. The summed E-state index contributed by atoms with van der Waals surface area (Å²) in [5, 5.41) is 0. The van der Waals surface area contributed by atoms with E-state index in [9.17, 15) is 9.59 Å². The van der Waals surface area contributed by atoms with Crippen LogP contribution >= 0.6 is 0 Å². The van der Waals surface area contributed by atoms with Crippen LogP contribution in [0.3, 0.4) is 0 Å². The lowest BCUT2D eigenvalue weighted by Gasteiger charge is -2.21. The number of likely N-dealkylation sites (tertiary alicyclic amines) is 1. The highest BCUT2D eigenvalue weighted by Crippen LogP contribution is 2.17. The number of hydrogen-bond acceptors (Lipinski definition) is 4. The Labute approximate surface area is 137 Å². The number of esters is 1. The number of rotatable bonds is 5. The van der Waals surface area contributed by atoms with Crippen molar-refractivity contribution in [3.63, 3.8) is 0 Å². The SMILES string of the molecule is CCCO[C@H]1CCCN(C(=O)c2cccc(C(=O)OC)c2)CC1. The third kappa shape index (κ3) is 4.79. The van der Waals surface area contributed by atoms with Crippen LogP contribution in [0.4, 0.5) is 0 Å². The van der Waals surface area contributed by atoms with E-state index in [-0.39, 0.29) is 12.0 Å². The Morgan fingerprint density at radius 1 is 1.22 bits per heavy atom. The molecule has 1 aromatic rings. The molecule has 1 atom stereocenters. The van der Waals surface area contributed by atoms with Crippen LogP contribution in [0.1, 0.15) is 53.3 Å². The minimum atomic E-state index is -0.427. The van der Waals surface area contributed by atoms with Gasteiger partial charge in [0.2, 0.25) is 0 Å². The van der Waals surface area contributed by atoms with E-state index < -0.39 is 5.97 Å². The zero-order valence-electron chi connectivity index (χ0n) is 13.9. The van der Waals surface area contributed by atoms with E-state index in [1.807, 2.05) is 4.90 Å². The third-order valence-electron chi connectivity index (χ3n) is 4.05. The highest BCUT2D eigenvalue weighted by Gasteiger charge is 2.22. The van der Waals surface area contributed by atoms with Crippen molar-refractivity contribution in [3.05, 3.63) is 35.4 Å². The number of nitrogens with zero attached hydrogens (tertiary/aromatic N) is 1.